The molecule has 0 atom stereocenters. The van der Waals surface area contributed by atoms with Crippen molar-refractivity contribution in [2.45, 2.75) is 38.7 Å². The first-order valence-corrected chi connectivity index (χ1v) is 8.60. The maximum atomic E-state index is 12.2. The zero-order valence-electron chi connectivity index (χ0n) is 14.0. The summed E-state index contributed by atoms with van der Waals surface area (Å²) in [6.07, 6.45) is 3.46. The van der Waals surface area contributed by atoms with E-state index in [1.807, 2.05) is 12.1 Å². The molecule has 1 fully saturated rings. The minimum Gasteiger partial charge on any atom is -0.494 e. The molecule has 128 valence electrons. The smallest absolute Gasteiger partial charge is 0.251 e. The van der Waals surface area contributed by atoms with Gasteiger partial charge in [0.2, 0.25) is 0 Å². The number of aliphatic hydroxyl groups is 1. The number of hydrogen-bond donors (Lipinski definition) is 2. The third kappa shape index (κ3) is 6.20. The minimum atomic E-state index is -0.131. The molecule has 0 unspecified atom stereocenters. The Bertz CT molecular complexity index is 485. The third-order valence-corrected chi connectivity index (χ3v) is 4.06. The fraction of sp³-hybridized carbons (Fsp3) is 0.611. The molecule has 1 saturated heterocycles. The normalized spacial score (nSPS) is 16.3. The molecule has 1 aliphatic rings. The molecule has 1 aromatic carbocycles. The Kier molecular flexibility index (Phi) is 7.36. The molecule has 0 saturated carbocycles. The van der Waals surface area contributed by atoms with Crippen LogP contribution in [0.3, 0.4) is 0 Å². The van der Waals surface area contributed by atoms with Gasteiger partial charge in [0.15, 0.2) is 0 Å². The van der Waals surface area contributed by atoms with Gasteiger partial charge < -0.3 is 20.1 Å². The van der Waals surface area contributed by atoms with Gasteiger partial charge in [0.05, 0.1) is 12.7 Å². The Morgan fingerprint density at radius 1 is 1.39 bits per heavy atom. The summed E-state index contributed by atoms with van der Waals surface area (Å²) in [7, 11) is 0. The predicted molar refractivity (Wildman–Crippen MR) is 90.9 cm³/mol. The Labute approximate surface area is 138 Å². The van der Waals surface area contributed by atoms with Gasteiger partial charge in [0.25, 0.3) is 5.91 Å². The first-order chi connectivity index (χ1) is 11.2. The predicted octanol–water partition coefficient (Wildman–Crippen LogP) is 2.05. The van der Waals surface area contributed by atoms with Gasteiger partial charge in [-0.05, 0) is 50.4 Å². The first-order valence-electron chi connectivity index (χ1n) is 8.60. The topological polar surface area (TPSA) is 61.8 Å². The summed E-state index contributed by atoms with van der Waals surface area (Å²) < 4.78 is 5.55. The van der Waals surface area contributed by atoms with Gasteiger partial charge in [-0.3, -0.25) is 4.79 Å². The van der Waals surface area contributed by atoms with Crippen molar-refractivity contribution >= 4 is 5.91 Å². The van der Waals surface area contributed by atoms with Crippen LogP contribution in [0.4, 0.5) is 0 Å². The van der Waals surface area contributed by atoms with Crippen LogP contribution in [0.25, 0.3) is 0 Å². The van der Waals surface area contributed by atoms with Crippen molar-refractivity contribution in [3.05, 3.63) is 29.8 Å². The molecule has 1 amide bonds. The van der Waals surface area contributed by atoms with E-state index in [0.717, 1.165) is 51.1 Å². The number of aliphatic hydroxyl groups excluding tert-OH is 1. The molecule has 1 aromatic rings. The molecular formula is C18H28N2O3. The van der Waals surface area contributed by atoms with Crippen LogP contribution >= 0.6 is 0 Å². The SMILES string of the molecule is CCCOc1cccc(C(=O)NCCCN2CCC(O)CC2)c1. The van der Waals surface area contributed by atoms with E-state index >= 15 is 0 Å². The molecule has 23 heavy (non-hydrogen) atoms. The van der Waals surface area contributed by atoms with Crippen molar-refractivity contribution in [1.29, 1.82) is 0 Å². The standard InChI is InChI=1S/C18H28N2O3/c1-2-13-23-17-6-3-5-15(14-17)18(22)19-9-4-10-20-11-7-16(21)8-12-20/h3,5-6,14,16,21H,2,4,7-13H2,1H3,(H,19,22). The summed E-state index contributed by atoms with van der Waals surface area (Å²) in [4.78, 5) is 14.5. The van der Waals surface area contributed by atoms with Crippen LogP contribution in [0.2, 0.25) is 0 Å². The number of piperidine rings is 1. The summed E-state index contributed by atoms with van der Waals surface area (Å²) in [5, 5.41) is 12.4. The largest absolute Gasteiger partial charge is 0.494 e. The van der Waals surface area contributed by atoms with Crippen molar-refractivity contribution in [3.8, 4) is 5.75 Å². The molecule has 2 N–H and O–H groups in total. The van der Waals surface area contributed by atoms with Gasteiger partial charge in [-0.25, -0.2) is 0 Å². The van der Waals surface area contributed by atoms with Crippen LogP contribution in [-0.4, -0.2) is 54.8 Å². The Morgan fingerprint density at radius 2 is 2.17 bits per heavy atom. The van der Waals surface area contributed by atoms with E-state index < -0.39 is 0 Å². The Balaban J connectivity index is 1.68. The van der Waals surface area contributed by atoms with Gasteiger partial charge >= 0.3 is 0 Å². The molecule has 0 spiro atoms. The Hall–Kier alpha value is -1.59. The quantitative estimate of drug-likeness (QED) is 0.720. The van der Waals surface area contributed by atoms with E-state index in [2.05, 4.69) is 17.1 Å². The number of carbonyl (C=O) groups is 1. The highest BCUT2D eigenvalue weighted by atomic mass is 16.5. The van der Waals surface area contributed by atoms with Gasteiger partial charge in [0.1, 0.15) is 5.75 Å². The van der Waals surface area contributed by atoms with Gasteiger partial charge in [-0.2, -0.15) is 0 Å². The molecule has 5 nitrogen and oxygen atoms in total. The number of rotatable bonds is 8. The van der Waals surface area contributed by atoms with Crippen molar-refractivity contribution in [2.24, 2.45) is 0 Å². The van der Waals surface area contributed by atoms with Crippen molar-refractivity contribution in [1.82, 2.24) is 10.2 Å². The molecular weight excluding hydrogens is 292 g/mol. The molecule has 0 aliphatic carbocycles. The molecule has 0 aromatic heterocycles. The lowest BCUT2D eigenvalue weighted by molar-refractivity contribution is 0.0816. The number of benzene rings is 1. The number of nitrogens with zero attached hydrogens (tertiary/aromatic N) is 1. The second kappa shape index (κ2) is 9.53. The van der Waals surface area contributed by atoms with E-state index in [1.165, 1.54) is 0 Å². The fourth-order valence-electron chi connectivity index (χ4n) is 2.70. The number of nitrogens with one attached hydrogen (secondary N) is 1. The average Bonchev–Trinajstić information content (AvgIpc) is 2.58. The second-order valence-electron chi connectivity index (χ2n) is 6.06. The second-order valence-corrected chi connectivity index (χ2v) is 6.06. The lowest BCUT2D eigenvalue weighted by atomic mass is 10.1. The molecule has 0 bridgehead atoms. The lowest BCUT2D eigenvalue weighted by Crippen LogP contribution is -2.37. The summed E-state index contributed by atoms with van der Waals surface area (Å²) in [5.74, 6) is 0.687. The van der Waals surface area contributed by atoms with Crippen LogP contribution in [0.1, 0.15) is 43.0 Å². The van der Waals surface area contributed by atoms with E-state index in [9.17, 15) is 9.90 Å². The summed E-state index contributed by atoms with van der Waals surface area (Å²) in [6.45, 7) is 6.25. The maximum absolute atomic E-state index is 12.2. The van der Waals surface area contributed by atoms with Crippen molar-refractivity contribution < 1.29 is 14.6 Å². The van der Waals surface area contributed by atoms with Crippen molar-refractivity contribution in [3.63, 3.8) is 0 Å². The van der Waals surface area contributed by atoms with Crippen molar-refractivity contribution in [2.75, 3.05) is 32.8 Å². The number of ether oxygens (including phenoxy) is 1. The zero-order chi connectivity index (χ0) is 16.5. The highest BCUT2D eigenvalue weighted by molar-refractivity contribution is 5.94. The maximum Gasteiger partial charge on any atom is 0.251 e. The number of amides is 1. The molecule has 0 radical (unpaired) electrons. The summed E-state index contributed by atoms with van der Waals surface area (Å²) in [6, 6.07) is 7.31. The van der Waals surface area contributed by atoms with E-state index in [-0.39, 0.29) is 12.0 Å². The Morgan fingerprint density at radius 3 is 2.91 bits per heavy atom. The molecule has 1 heterocycles. The third-order valence-electron chi connectivity index (χ3n) is 4.06. The van der Waals surface area contributed by atoms with E-state index in [0.29, 0.717) is 18.7 Å². The molecule has 5 heteroatoms. The molecule has 1 aliphatic heterocycles. The van der Waals surface area contributed by atoms with Crippen LogP contribution in [0.15, 0.2) is 24.3 Å². The monoisotopic (exact) mass is 320 g/mol. The van der Waals surface area contributed by atoms with E-state index in [1.54, 1.807) is 12.1 Å². The average molecular weight is 320 g/mol. The van der Waals surface area contributed by atoms with Gasteiger partial charge in [0, 0.05) is 25.2 Å². The highest BCUT2D eigenvalue weighted by Gasteiger charge is 2.16. The number of likely N-dealkylation sites (tertiary alicyclic amines) is 1. The summed E-state index contributed by atoms with van der Waals surface area (Å²) >= 11 is 0. The zero-order valence-corrected chi connectivity index (χ0v) is 14.0. The number of carbonyl (C=O) groups excluding carboxylic acids is 1. The fourth-order valence-corrected chi connectivity index (χ4v) is 2.70. The van der Waals surface area contributed by atoms with Crippen LogP contribution in [-0.2, 0) is 0 Å². The summed E-state index contributed by atoms with van der Waals surface area (Å²) in [5.41, 5.74) is 0.639. The molecule has 2 rings (SSSR count). The minimum absolute atomic E-state index is 0.0546. The van der Waals surface area contributed by atoms with Crippen LogP contribution in [0.5, 0.6) is 5.75 Å². The highest BCUT2D eigenvalue weighted by Crippen LogP contribution is 2.13. The lowest BCUT2D eigenvalue weighted by Gasteiger charge is -2.29. The van der Waals surface area contributed by atoms with Crippen LogP contribution < -0.4 is 10.1 Å². The number of hydrogen-bond acceptors (Lipinski definition) is 4. The first kappa shape index (κ1) is 17.8. The van der Waals surface area contributed by atoms with E-state index in [4.69, 9.17) is 4.74 Å². The van der Waals surface area contributed by atoms with Crippen LogP contribution in [0, 0.1) is 0 Å². The van der Waals surface area contributed by atoms with Gasteiger partial charge in [-0.1, -0.05) is 13.0 Å². The van der Waals surface area contributed by atoms with Gasteiger partial charge in [-0.15, -0.1) is 0 Å².